The van der Waals surface area contributed by atoms with Crippen LogP contribution in [0.4, 0.5) is 13.2 Å². The van der Waals surface area contributed by atoms with Gasteiger partial charge in [0.2, 0.25) is 0 Å². The first-order chi connectivity index (χ1) is 7.83. The van der Waals surface area contributed by atoms with Crippen LogP contribution in [-0.2, 0) is 0 Å². The van der Waals surface area contributed by atoms with Gasteiger partial charge >= 0.3 is 6.18 Å². The summed E-state index contributed by atoms with van der Waals surface area (Å²) in [6, 6.07) is 0.329. The first-order valence-corrected chi connectivity index (χ1v) is 6.34. The van der Waals surface area contributed by atoms with Crippen molar-refractivity contribution < 1.29 is 13.2 Å². The molecule has 3 unspecified atom stereocenters. The van der Waals surface area contributed by atoms with E-state index in [4.69, 9.17) is 0 Å². The van der Waals surface area contributed by atoms with Gasteiger partial charge in [-0.05, 0) is 39.2 Å². The molecule has 1 N–H and O–H groups in total. The third kappa shape index (κ3) is 1.97. The number of hydrogen-bond acceptors (Lipinski definition) is 2. The largest absolute Gasteiger partial charge is 0.406 e. The van der Waals surface area contributed by atoms with Gasteiger partial charge in [0.25, 0.3) is 0 Å². The second kappa shape index (κ2) is 4.12. The van der Waals surface area contributed by atoms with Crippen LogP contribution in [0.2, 0.25) is 0 Å². The Bertz CT molecular complexity index is 286. The normalized spacial score (nSPS) is 38.1. The van der Waals surface area contributed by atoms with Gasteiger partial charge in [0, 0.05) is 18.6 Å². The Morgan fingerprint density at radius 2 is 1.82 bits per heavy atom. The number of likely N-dealkylation sites (tertiary alicyclic amines) is 1. The molecule has 1 aliphatic heterocycles. The molecule has 2 aliphatic rings. The summed E-state index contributed by atoms with van der Waals surface area (Å²) in [6.07, 6.45) is -2.72. The second-order valence-electron chi connectivity index (χ2n) is 5.51. The highest BCUT2D eigenvalue weighted by Gasteiger charge is 2.67. The zero-order valence-electron chi connectivity index (χ0n) is 10.6. The van der Waals surface area contributed by atoms with E-state index in [1.165, 1.54) is 0 Å². The third-order valence-electron chi connectivity index (χ3n) is 4.74. The van der Waals surface area contributed by atoms with Gasteiger partial charge in [-0.2, -0.15) is 13.2 Å². The SMILES string of the molecule is CNC1CCN(C2(C(F)(F)F)CC2)C(C)C1C. The summed E-state index contributed by atoms with van der Waals surface area (Å²) in [5, 5.41) is 3.21. The predicted molar refractivity (Wildman–Crippen MR) is 60.8 cm³/mol. The molecule has 5 heteroatoms. The van der Waals surface area contributed by atoms with Crippen molar-refractivity contribution in [3.8, 4) is 0 Å². The lowest BCUT2D eigenvalue weighted by atomic mass is 9.85. The minimum atomic E-state index is -4.08. The van der Waals surface area contributed by atoms with E-state index in [1.54, 1.807) is 4.90 Å². The first-order valence-electron chi connectivity index (χ1n) is 6.34. The molecule has 0 radical (unpaired) electrons. The van der Waals surface area contributed by atoms with E-state index in [0.717, 1.165) is 6.42 Å². The minimum Gasteiger partial charge on any atom is -0.317 e. The van der Waals surface area contributed by atoms with Crippen LogP contribution in [0.25, 0.3) is 0 Å². The molecule has 2 fully saturated rings. The van der Waals surface area contributed by atoms with Gasteiger partial charge in [0.15, 0.2) is 0 Å². The van der Waals surface area contributed by atoms with Crippen molar-refractivity contribution in [2.75, 3.05) is 13.6 Å². The first kappa shape index (κ1) is 13.1. The van der Waals surface area contributed by atoms with Gasteiger partial charge in [-0.3, -0.25) is 4.90 Å². The number of rotatable bonds is 2. The van der Waals surface area contributed by atoms with Crippen LogP contribution in [0.1, 0.15) is 33.1 Å². The van der Waals surface area contributed by atoms with Crippen molar-refractivity contribution >= 4 is 0 Å². The molecule has 0 bridgehead atoms. The fourth-order valence-electron chi connectivity index (χ4n) is 3.23. The average Bonchev–Trinajstić information content (AvgIpc) is 3.02. The van der Waals surface area contributed by atoms with Crippen LogP contribution in [0, 0.1) is 5.92 Å². The molecule has 100 valence electrons. The molecular weight excluding hydrogens is 229 g/mol. The molecule has 2 nitrogen and oxygen atoms in total. The fourth-order valence-corrected chi connectivity index (χ4v) is 3.23. The number of nitrogens with one attached hydrogen (secondary N) is 1. The molecule has 3 atom stereocenters. The van der Waals surface area contributed by atoms with E-state index in [0.29, 0.717) is 12.6 Å². The molecular formula is C12H21F3N2. The van der Waals surface area contributed by atoms with Gasteiger partial charge in [0.1, 0.15) is 5.54 Å². The maximum Gasteiger partial charge on any atom is 0.406 e. The number of hydrogen-bond donors (Lipinski definition) is 1. The quantitative estimate of drug-likeness (QED) is 0.809. The lowest BCUT2D eigenvalue weighted by Gasteiger charge is -2.47. The Morgan fingerprint density at radius 1 is 1.24 bits per heavy atom. The molecule has 0 aromatic rings. The maximum atomic E-state index is 13.1. The van der Waals surface area contributed by atoms with Crippen molar-refractivity contribution in [3.63, 3.8) is 0 Å². The van der Waals surface area contributed by atoms with Crippen LogP contribution in [0.15, 0.2) is 0 Å². The summed E-state index contributed by atoms with van der Waals surface area (Å²) in [6.45, 7) is 4.53. The van der Waals surface area contributed by atoms with E-state index in [-0.39, 0.29) is 24.8 Å². The Balaban J connectivity index is 2.14. The highest BCUT2D eigenvalue weighted by Crippen LogP contribution is 2.55. The molecule has 17 heavy (non-hydrogen) atoms. The fraction of sp³-hybridized carbons (Fsp3) is 1.00. The minimum absolute atomic E-state index is 0.00896. The molecule has 1 heterocycles. The van der Waals surface area contributed by atoms with Gasteiger partial charge in [0.05, 0.1) is 0 Å². The number of alkyl halides is 3. The predicted octanol–water partition coefficient (Wildman–Crippen LogP) is 2.40. The molecule has 1 saturated carbocycles. The summed E-state index contributed by atoms with van der Waals surface area (Å²) in [5.74, 6) is 0.258. The van der Waals surface area contributed by atoms with Gasteiger partial charge in [-0.1, -0.05) is 6.92 Å². The molecule has 1 aliphatic carbocycles. The van der Waals surface area contributed by atoms with Crippen LogP contribution in [0.5, 0.6) is 0 Å². The summed E-state index contributed by atoms with van der Waals surface area (Å²) >= 11 is 0. The molecule has 2 rings (SSSR count). The van der Waals surface area contributed by atoms with E-state index in [9.17, 15) is 13.2 Å². The Hall–Kier alpha value is -0.290. The van der Waals surface area contributed by atoms with E-state index < -0.39 is 11.7 Å². The van der Waals surface area contributed by atoms with Crippen LogP contribution >= 0.6 is 0 Å². The van der Waals surface area contributed by atoms with Crippen molar-refractivity contribution in [1.29, 1.82) is 0 Å². The Morgan fingerprint density at radius 3 is 2.24 bits per heavy atom. The van der Waals surface area contributed by atoms with Gasteiger partial charge < -0.3 is 5.32 Å². The Labute approximate surface area is 101 Å². The summed E-state index contributed by atoms with van der Waals surface area (Å²) < 4.78 is 39.3. The zero-order valence-corrected chi connectivity index (χ0v) is 10.6. The molecule has 0 amide bonds. The van der Waals surface area contributed by atoms with E-state index in [2.05, 4.69) is 5.32 Å². The number of nitrogens with zero attached hydrogens (tertiary/aromatic N) is 1. The van der Waals surface area contributed by atoms with Crippen molar-refractivity contribution in [2.24, 2.45) is 5.92 Å². The lowest BCUT2D eigenvalue weighted by Crippen LogP contribution is -2.60. The molecule has 0 aromatic carbocycles. The highest BCUT2D eigenvalue weighted by molar-refractivity contribution is 5.12. The zero-order chi connectivity index (χ0) is 12.8. The van der Waals surface area contributed by atoms with E-state index in [1.807, 2.05) is 20.9 Å². The second-order valence-corrected chi connectivity index (χ2v) is 5.51. The average molecular weight is 250 g/mol. The summed E-state index contributed by atoms with van der Waals surface area (Å²) in [4.78, 5) is 1.70. The van der Waals surface area contributed by atoms with E-state index >= 15 is 0 Å². The smallest absolute Gasteiger partial charge is 0.317 e. The highest BCUT2D eigenvalue weighted by atomic mass is 19.4. The topological polar surface area (TPSA) is 15.3 Å². The molecule has 1 saturated heterocycles. The maximum absolute atomic E-state index is 13.1. The number of halogens is 3. The molecule has 0 aromatic heterocycles. The summed E-state index contributed by atoms with van der Waals surface area (Å²) in [5.41, 5.74) is -1.50. The van der Waals surface area contributed by atoms with Crippen molar-refractivity contribution in [3.05, 3.63) is 0 Å². The van der Waals surface area contributed by atoms with Gasteiger partial charge in [-0.25, -0.2) is 0 Å². The lowest BCUT2D eigenvalue weighted by molar-refractivity contribution is -0.208. The van der Waals surface area contributed by atoms with Crippen LogP contribution in [0.3, 0.4) is 0 Å². The van der Waals surface area contributed by atoms with Gasteiger partial charge in [-0.15, -0.1) is 0 Å². The standard InChI is InChI=1S/C12H21F3N2/c1-8-9(2)17(7-4-10(8)16-3)11(5-6-11)12(13,14)15/h8-10,16H,4-7H2,1-3H3. The van der Waals surface area contributed by atoms with Crippen LogP contribution < -0.4 is 5.32 Å². The molecule has 0 spiro atoms. The number of piperidine rings is 1. The van der Waals surface area contributed by atoms with Crippen molar-refractivity contribution in [1.82, 2.24) is 10.2 Å². The van der Waals surface area contributed by atoms with Crippen molar-refractivity contribution in [2.45, 2.75) is 56.9 Å². The third-order valence-corrected chi connectivity index (χ3v) is 4.74. The summed E-state index contributed by atoms with van der Waals surface area (Å²) in [7, 11) is 1.89. The monoisotopic (exact) mass is 250 g/mol. The van der Waals surface area contributed by atoms with Crippen LogP contribution in [-0.4, -0.2) is 42.3 Å². The Kier molecular flexibility index (Phi) is 3.19.